The minimum atomic E-state index is 0.462. The van der Waals surface area contributed by atoms with Gasteiger partial charge in [-0.1, -0.05) is 31.5 Å². The molecule has 0 bridgehead atoms. The molecule has 0 saturated carbocycles. The second-order valence-electron chi connectivity index (χ2n) is 5.46. The summed E-state index contributed by atoms with van der Waals surface area (Å²) in [4.78, 5) is 15.2. The first-order valence-corrected chi connectivity index (χ1v) is 8.05. The summed E-state index contributed by atoms with van der Waals surface area (Å²) < 4.78 is 2.02. The molecule has 108 valence electrons. The Balaban J connectivity index is 2.21. The van der Waals surface area contributed by atoms with Crippen molar-refractivity contribution in [2.24, 2.45) is 5.92 Å². The van der Waals surface area contributed by atoms with E-state index in [4.69, 9.17) is 11.6 Å². The lowest BCUT2D eigenvalue weighted by atomic mass is 10.0. The van der Waals surface area contributed by atoms with Gasteiger partial charge in [0.15, 0.2) is 11.4 Å². The summed E-state index contributed by atoms with van der Waals surface area (Å²) in [6.07, 6.45) is 3.87. The quantitative estimate of drug-likeness (QED) is 0.650. The number of fused-ring (bicyclic) bond motifs is 1. The molecule has 0 aliphatic heterocycles. The average Bonchev–Trinajstić information content (AvgIpc) is 3.03. The Hall–Kier alpha value is -1.65. The zero-order chi connectivity index (χ0) is 15.0. The van der Waals surface area contributed by atoms with Crippen LogP contribution in [0, 0.1) is 5.92 Å². The standard InChI is InChI=1S/C16H15ClN2OS/c1-10(2)5-11-7-19(16-18-13(8-20)9-21-16)15-6-12(17)3-4-14(11)15/h3-4,6-10H,5H2,1-2H3. The zero-order valence-electron chi connectivity index (χ0n) is 11.8. The Morgan fingerprint density at radius 1 is 1.43 bits per heavy atom. The van der Waals surface area contributed by atoms with Crippen LogP contribution in [0.3, 0.4) is 0 Å². The van der Waals surface area contributed by atoms with Crippen LogP contribution in [0.4, 0.5) is 0 Å². The fourth-order valence-corrected chi connectivity index (χ4v) is 3.40. The number of aldehydes is 1. The molecule has 0 amide bonds. The van der Waals surface area contributed by atoms with Crippen molar-refractivity contribution < 1.29 is 4.79 Å². The van der Waals surface area contributed by atoms with Crippen molar-refractivity contribution in [1.29, 1.82) is 0 Å². The number of hydrogen-bond donors (Lipinski definition) is 0. The van der Waals surface area contributed by atoms with Crippen molar-refractivity contribution in [3.63, 3.8) is 0 Å². The van der Waals surface area contributed by atoms with Gasteiger partial charge in [0.2, 0.25) is 0 Å². The molecule has 0 N–H and O–H groups in total. The van der Waals surface area contributed by atoms with Crippen molar-refractivity contribution in [2.75, 3.05) is 0 Å². The lowest BCUT2D eigenvalue weighted by Crippen LogP contribution is -1.93. The third-order valence-electron chi connectivity index (χ3n) is 3.32. The van der Waals surface area contributed by atoms with Gasteiger partial charge >= 0.3 is 0 Å². The van der Waals surface area contributed by atoms with Gasteiger partial charge in [-0.3, -0.25) is 9.36 Å². The second-order valence-corrected chi connectivity index (χ2v) is 6.73. The summed E-state index contributed by atoms with van der Waals surface area (Å²) in [6, 6.07) is 5.92. The highest BCUT2D eigenvalue weighted by Crippen LogP contribution is 2.30. The Morgan fingerprint density at radius 3 is 2.90 bits per heavy atom. The topological polar surface area (TPSA) is 34.9 Å². The number of thiazole rings is 1. The van der Waals surface area contributed by atoms with Crippen LogP contribution in [-0.2, 0) is 6.42 Å². The van der Waals surface area contributed by atoms with E-state index in [9.17, 15) is 4.79 Å². The molecule has 0 fully saturated rings. The molecule has 3 aromatic rings. The molecule has 2 aromatic heterocycles. The maximum Gasteiger partial charge on any atom is 0.194 e. The van der Waals surface area contributed by atoms with Gasteiger partial charge in [-0.25, -0.2) is 4.98 Å². The Bertz CT molecular complexity index is 804. The predicted molar refractivity (Wildman–Crippen MR) is 87.9 cm³/mol. The Labute approximate surface area is 132 Å². The van der Waals surface area contributed by atoms with Crippen LogP contribution >= 0.6 is 22.9 Å². The van der Waals surface area contributed by atoms with Crippen molar-refractivity contribution >= 4 is 40.1 Å². The van der Waals surface area contributed by atoms with Crippen molar-refractivity contribution in [3.8, 4) is 5.13 Å². The Morgan fingerprint density at radius 2 is 2.24 bits per heavy atom. The van der Waals surface area contributed by atoms with E-state index < -0.39 is 0 Å². The molecule has 2 heterocycles. The summed E-state index contributed by atoms with van der Waals surface area (Å²) in [5.74, 6) is 0.571. The molecule has 0 atom stereocenters. The monoisotopic (exact) mass is 318 g/mol. The van der Waals surface area contributed by atoms with Gasteiger partial charge < -0.3 is 0 Å². The molecule has 1 aromatic carbocycles. The number of halogens is 1. The summed E-state index contributed by atoms with van der Waals surface area (Å²) in [7, 11) is 0. The van der Waals surface area contributed by atoms with E-state index in [0.29, 0.717) is 16.6 Å². The zero-order valence-corrected chi connectivity index (χ0v) is 13.4. The average molecular weight is 319 g/mol. The number of hydrogen-bond acceptors (Lipinski definition) is 3. The number of nitrogens with zero attached hydrogens (tertiary/aromatic N) is 2. The molecule has 0 spiro atoms. The molecule has 5 heteroatoms. The third kappa shape index (κ3) is 2.74. The van der Waals surface area contributed by atoms with Crippen molar-refractivity contribution in [2.45, 2.75) is 20.3 Å². The lowest BCUT2D eigenvalue weighted by Gasteiger charge is -2.02. The van der Waals surface area contributed by atoms with E-state index in [-0.39, 0.29) is 0 Å². The maximum absolute atomic E-state index is 10.8. The molecule has 0 unspecified atom stereocenters. The number of rotatable bonds is 4. The van der Waals surface area contributed by atoms with E-state index in [2.05, 4.69) is 31.1 Å². The van der Waals surface area contributed by atoms with Crippen LogP contribution in [0.25, 0.3) is 16.0 Å². The SMILES string of the molecule is CC(C)Cc1cn(-c2nc(C=O)cs2)c2cc(Cl)ccc12. The molecule has 21 heavy (non-hydrogen) atoms. The van der Waals surface area contributed by atoms with Crippen LogP contribution in [0.15, 0.2) is 29.8 Å². The van der Waals surface area contributed by atoms with Gasteiger partial charge in [-0.15, -0.1) is 11.3 Å². The van der Waals surface area contributed by atoms with E-state index >= 15 is 0 Å². The van der Waals surface area contributed by atoms with E-state index in [1.807, 2.05) is 16.7 Å². The number of benzene rings is 1. The van der Waals surface area contributed by atoms with Gasteiger partial charge in [0.05, 0.1) is 5.52 Å². The van der Waals surface area contributed by atoms with Crippen LogP contribution in [0.5, 0.6) is 0 Å². The lowest BCUT2D eigenvalue weighted by molar-refractivity contribution is 0.111. The van der Waals surface area contributed by atoms with Crippen LogP contribution in [0.2, 0.25) is 5.02 Å². The second kappa shape index (κ2) is 5.62. The summed E-state index contributed by atoms with van der Waals surface area (Å²) >= 11 is 7.60. The molecule has 0 aliphatic carbocycles. The van der Waals surface area contributed by atoms with Gasteiger partial charge in [0.25, 0.3) is 0 Å². The predicted octanol–water partition coefficient (Wildman–Crippen LogP) is 4.75. The van der Waals surface area contributed by atoms with Crippen LogP contribution in [-0.4, -0.2) is 15.8 Å². The number of aromatic nitrogens is 2. The summed E-state index contributed by atoms with van der Waals surface area (Å²) in [6.45, 7) is 4.40. The summed E-state index contributed by atoms with van der Waals surface area (Å²) in [5, 5.41) is 4.45. The van der Waals surface area contributed by atoms with E-state index in [0.717, 1.165) is 23.4 Å². The number of carbonyl (C=O) groups excluding carboxylic acids is 1. The first kappa shape index (κ1) is 14.3. The van der Waals surface area contributed by atoms with Crippen molar-refractivity contribution in [3.05, 3.63) is 46.1 Å². The molecular formula is C16H15ClN2OS. The minimum Gasteiger partial charge on any atom is -0.296 e. The molecule has 0 radical (unpaired) electrons. The minimum absolute atomic E-state index is 0.462. The highest BCUT2D eigenvalue weighted by atomic mass is 35.5. The first-order valence-electron chi connectivity index (χ1n) is 6.79. The molecule has 0 aliphatic rings. The number of carbonyl (C=O) groups is 1. The van der Waals surface area contributed by atoms with Crippen LogP contribution in [0.1, 0.15) is 29.9 Å². The van der Waals surface area contributed by atoms with E-state index in [1.165, 1.54) is 22.3 Å². The highest BCUT2D eigenvalue weighted by molar-refractivity contribution is 7.12. The third-order valence-corrected chi connectivity index (χ3v) is 4.41. The molecule has 3 nitrogen and oxygen atoms in total. The van der Waals surface area contributed by atoms with Gasteiger partial charge in [0, 0.05) is 22.0 Å². The van der Waals surface area contributed by atoms with Gasteiger partial charge in [-0.05, 0) is 30.0 Å². The van der Waals surface area contributed by atoms with Crippen LogP contribution < -0.4 is 0 Å². The normalized spacial score (nSPS) is 11.4. The van der Waals surface area contributed by atoms with Gasteiger partial charge in [-0.2, -0.15) is 0 Å². The summed E-state index contributed by atoms with van der Waals surface area (Å²) in [5.41, 5.74) is 2.77. The fourth-order valence-electron chi connectivity index (χ4n) is 2.47. The first-order chi connectivity index (χ1) is 10.1. The largest absolute Gasteiger partial charge is 0.296 e. The van der Waals surface area contributed by atoms with Crippen molar-refractivity contribution in [1.82, 2.24) is 9.55 Å². The van der Waals surface area contributed by atoms with Gasteiger partial charge in [0.1, 0.15) is 5.69 Å². The smallest absolute Gasteiger partial charge is 0.194 e. The molecule has 0 saturated heterocycles. The molecular weight excluding hydrogens is 304 g/mol. The maximum atomic E-state index is 10.8. The molecule has 3 rings (SSSR count). The Kier molecular flexibility index (Phi) is 3.83. The fraction of sp³-hybridized carbons (Fsp3) is 0.250. The van der Waals surface area contributed by atoms with E-state index in [1.54, 1.807) is 5.38 Å². The highest BCUT2D eigenvalue weighted by Gasteiger charge is 2.13.